The highest BCUT2D eigenvalue weighted by Crippen LogP contribution is 2.44. The number of rotatable bonds is 8. The van der Waals surface area contributed by atoms with Crippen LogP contribution < -0.4 is 10.6 Å². The molecule has 2 amide bonds. The van der Waals surface area contributed by atoms with Gasteiger partial charge in [0.1, 0.15) is 0 Å². The van der Waals surface area contributed by atoms with Gasteiger partial charge in [0.15, 0.2) is 0 Å². The van der Waals surface area contributed by atoms with E-state index in [0.717, 1.165) is 12.1 Å². The van der Waals surface area contributed by atoms with Crippen LogP contribution in [0.1, 0.15) is 62.9 Å². The number of carboxylic acid groups (broad SMARTS) is 1. The topological polar surface area (TPSA) is 98.7 Å². The minimum Gasteiger partial charge on any atom is -0.481 e. The molecule has 10 heteroatoms. The maximum atomic E-state index is 12.9. The largest absolute Gasteiger partial charge is 0.481 e. The Balaban J connectivity index is 2.10. The third-order valence-electron chi connectivity index (χ3n) is 7.00. The zero-order chi connectivity index (χ0) is 25.8. The number of carbonyl (C=O) groups excluding carboxylic acids is 2. The summed E-state index contributed by atoms with van der Waals surface area (Å²) < 4.78 is 38.7. The average Bonchev–Trinajstić information content (AvgIpc) is 2.76. The molecule has 0 saturated heterocycles. The van der Waals surface area contributed by atoms with Gasteiger partial charge in [-0.2, -0.15) is 13.2 Å². The van der Waals surface area contributed by atoms with E-state index in [1.165, 1.54) is 6.07 Å². The first-order chi connectivity index (χ1) is 15.7. The average molecular weight is 486 g/mol. The van der Waals surface area contributed by atoms with E-state index in [-0.39, 0.29) is 23.6 Å². The molecule has 3 atom stereocenters. The van der Waals surface area contributed by atoms with E-state index in [4.69, 9.17) is 0 Å². The van der Waals surface area contributed by atoms with Crippen molar-refractivity contribution >= 4 is 17.8 Å². The number of amides is 2. The Morgan fingerprint density at radius 1 is 1.18 bits per heavy atom. The quantitative estimate of drug-likeness (QED) is 0.523. The molecule has 0 radical (unpaired) electrons. The molecule has 1 aromatic rings. The van der Waals surface area contributed by atoms with E-state index >= 15 is 0 Å². The zero-order valence-electron chi connectivity index (χ0n) is 20.2. The first kappa shape index (κ1) is 27.6. The summed E-state index contributed by atoms with van der Waals surface area (Å²) >= 11 is 0. The highest BCUT2D eigenvalue weighted by Gasteiger charge is 2.53. The molecule has 1 aromatic carbocycles. The van der Waals surface area contributed by atoms with Crippen molar-refractivity contribution in [3.8, 4) is 0 Å². The number of alkyl halides is 3. The van der Waals surface area contributed by atoms with Crippen LogP contribution in [-0.4, -0.2) is 59.5 Å². The highest BCUT2D eigenvalue weighted by molar-refractivity contribution is 5.96. The number of carbonyl (C=O) groups is 3. The fraction of sp³-hybridized carbons (Fsp3) is 0.625. The smallest absolute Gasteiger partial charge is 0.416 e. The molecule has 0 aromatic heterocycles. The summed E-state index contributed by atoms with van der Waals surface area (Å²) in [4.78, 5) is 39.5. The fourth-order valence-electron chi connectivity index (χ4n) is 4.69. The van der Waals surface area contributed by atoms with Crippen molar-refractivity contribution < 1.29 is 32.7 Å². The van der Waals surface area contributed by atoms with Crippen molar-refractivity contribution in [1.82, 2.24) is 15.5 Å². The zero-order valence-corrected chi connectivity index (χ0v) is 20.2. The molecular weight excluding hydrogens is 451 g/mol. The molecule has 3 N–H and O–H groups in total. The predicted octanol–water partition coefficient (Wildman–Crippen LogP) is 3.54. The highest BCUT2D eigenvalue weighted by atomic mass is 19.4. The number of benzene rings is 1. The van der Waals surface area contributed by atoms with Gasteiger partial charge in [0, 0.05) is 23.7 Å². The van der Waals surface area contributed by atoms with Crippen molar-refractivity contribution in [3.63, 3.8) is 0 Å². The minimum absolute atomic E-state index is 0.0484. The summed E-state index contributed by atoms with van der Waals surface area (Å²) in [6.45, 7) is 7.24. The van der Waals surface area contributed by atoms with Crippen LogP contribution in [0.2, 0.25) is 0 Å². The number of hydrogen-bond acceptors (Lipinski definition) is 4. The summed E-state index contributed by atoms with van der Waals surface area (Å²) in [6, 6.07) is 3.56. The molecule has 0 aliphatic heterocycles. The van der Waals surface area contributed by atoms with Gasteiger partial charge in [-0.05, 0) is 64.3 Å². The first-order valence-corrected chi connectivity index (χ1v) is 11.4. The van der Waals surface area contributed by atoms with Crippen LogP contribution in [0.25, 0.3) is 0 Å². The summed E-state index contributed by atoms with van der Waals surface area (Å²) in [5.41, 5.74) is -2.37. The second-order valence-corrected chi connectivity index (χ2v) is 9.58. The van der Waals surface area contributed by atoms with Gasteiger partial charge < -0.3 is 20.6 Å². The van der Waals surface area contributed by atoms with Crippen molar-refractivity contribution in [2.45, 2.75) is 71.3 Å². The summed E-state index contributed by atoms with van der Waals surface area (Å²) in [7, 11) is 1.96. The van der Waals surface area contributed by atoms with E-state index in [1.807, 2.05) is 34.7 Å². The lowest BCUT2D eigenvalue weighted by atomic mass is 9.62. The minimum atomic E-state index is -4.59. The fourth-order valence-corrected chi connectivity index (χ4v) is 4.69. The maximum absolute atomic E-state index is 12.9. The number of halogens is 3. The van der Waals surface area contributed by atoms with Gasteiger partial charge >= 0.3 is 12.1 Å². The molecule has 34 heavy (non-hydrogen) atoms. The molecule has 1 unspecified atom stereocenters. The Morgan fingerprint density at radius 2 is 1.82 bits per heavy atom. The van der Waals surface area contributed by atoms with Crippen LogP contribution in [-0.2, 0) is 15.8 Å². The lowest BCUT2D eigenvalue weighted by Crippen LogP contribution is -2.61. The Labute approximate surface area is 198 Å². The number of nitrogens with one attached hydrogen (secondary N) is 2. The second-order valence-electron chi connectivity index (χ2n) is 9.58. The van der Waals surface area contributed by atoms with E-state index in [9.17, 15) is 32.7 Å². The molecule has 7 nitrogen and oxygen atoms in total. The molecule has 0 heterocycles. The van der Waals surface area contributed by atoms with Gasteiger partial charge in [-0.3, -0.25) is 14.4 Å². The number of hydrogen-bond donors (Lipinski definition) is 3. The van der Waals surface area contributed by atoms with Crippen LogP contribution in [0, 0.1) is 11.3 Å². The molecule has 1 aliphatic carbocycles. The predicted molar refractivity (Wildman–Crippen MR) is 121 cm³/mol. The Bertz CT molecular complexity index is 904. The lowest BCUT2D eigenvalue weighted by molar-refractivity contribution is -0.159. The van der Waals surface area contributed by atoms with E-state index in [0.29, 0.717) is 25.3 Å². The Morgan fingerprint density at radius 3 is 2.35 bits per heavy atom. The molecule has 1 saturated carbocycles. The summed E-state index contributed by atoms with van der Waals surface area (Å²) in [6.07, 6.45) is -3.05. The van der Waals surface area contributed by atoms with Gasteiger partial charge in [0.2, 0.25) is 5.91 Å². The van der Waals surface area contributed by atoms with Crippen LogP contribution in [0.5, 0.6) is 0 Å². The van der Waals surface area contributed by atoms with Gasteiger partial charge in [-0.25, -0.2) is 0 Å². The third kappa shape index (κ3) is 6.08. The standard InChI is InChI=1S/C24H34F3N3O4/c1-14(2)23(22(33)34)12-18(30(5)15(3)4)9-10-19(23)29-20(31)13-28-21(32)16-7-6-8-17(11-16)24(25,26)27/h6-8,11,14-15,18-19H,9-10,12-13H2,1-5H3,(H,28,32)(H,29,31)(H,33,34)/t18-,19+,23?/m1/s1. The molecule has 1 aliphatic rings. The van der Waals surface area contributed by atoms with Crippen LogP contribution in [0.4, 0.5) is 13.2 Å². The van der Waals surface area contributed by atoms with Crippen molar-refractivity contribution in [2.24, 2.45) is 11.3 Å². The second kappa shape index (κ2) is 10.8. The number of aliphatic carboxylic acids is 1. The monoisotopic (exact) mass is 485 g/mol. The summed E-state index contributed by atoms with van der Waals surface area (Å²) in [5, 5.41) is 15.3. The number of nitrogens with zero attached hydrogens (tertiary/aromatic N) is 1. The molecule has 0 spiro atoms. The van der Waals surface area contributed by atoms with Crippen LogP contribution >= 0.6 is 0 Å². The van der Waals surface area contributed by atoms with Gasteiger partial charge in [0.25, 0.3) is 5.91 Å². The molecular formula is C24H34F3N3O4. The lowest BCUT2D eigenvalue weighted by Gasteiger charge is -2.49. The molecule has 0 bridgehead atoms. The Kier molecular flexibility index (Phi) is 8.74. The first-order valence-electron chi connectivity index (χ1n) is 11.4. The van der Waals surface area contributed by atoms with Crippen LogP contribution in [0.3, 0.4) is 0 Å². The van der Waals surface area contributed by atoms with Crippen molar-refractivity contribution in [1.29, 1.82) is 0 Å². The van der Waals surface area contributed by atoms with Crippen molar-refractivity contribution in [3.05, 3.63) is 35.4 Å². The summed E-state index contributed by atoms with van der Waals surface area (Å²) in [5.74, 6) is -2.66. The van der Waals surface area contributed by atoms with E-state index in [2.05, 4.69) is 15.5 Å². The van der Waals surface area contributed by atoms with Gasteiger partial charge in [0.05, 0.1) is 17.5 Å². The SMILES string of the molecule is CC(C)N(C)[C@@H]1CC[C@H](NC(=O)CNC(=O)c2cccc(C(F)(F)F)c2)C(C(=O)O)(C(C)C)C1. The normalized spacial score (nSPS) is 23.3. The van der Waals surface area contributed by atoms with Gasteiger partial charge in [-0.1, -0.05) is 19.9 Å². The van der Waals surface area contributed by atoms with E-state index in [1.54, 1.807) is 0 Å². The molecule has 1 fully saturated rings. The van der Waals surface area contributed by atoms with Crippen LogP contribution in [0.15, 0.2) is 24.3 Å². The molecule has 2 rings (SSSR count). The van der Waals surface area contributed by atoms with Crippen molar-refractivity contribution in [2.75, 3.05) is 13.6 Å². The molecule has 190 valence electrons. The Hall–Kier alpha value is -2.62. The maximum Gasteiger partial charge on any atom is 0.416 e. The third-order valence-corrected chi connectivity index (χ3v) is 7.00. The van der Waals surface area contributed by atoms with E-state index < -0.39 is 47.5 Å². The number of carboxylic acids is 1. The van der Waals surface area contributed by atoms with Gasteiger partial charge in [-0.15, -0.1) is 0 Å².